The van der Waals surface area contributed by atoms with Crippen LogP contribution in [0.4, 0.5) is 8.78 Å². The van der Waals surface area contributed by atoms with Gasteiger partial charge in [0.15, 0.2) is 0 Å². The van der Waals surface area contributed by atoms with E-state index in [1.165, 1.54) is 34.9 Å². The molecule has 0 heterocycles. The fraction of sp³-hybridized carbons (Fsp3) is 0.250. The zero-order valence-corrected chi connectivity index (χ0v) is 15.7. The summed E-state index contributed by atoms with van der Waals surface area (Å²) < 4.78 is 27.7. The number of hydrogen-bond acceptors (Lipinski definition) is 1. The molecule has 0 aliphatic carbocycles. The highest BCUT2D eigenvalue weighted by Crippen LogP contribution is 2.16. The Hall–Kier alpha value is -2.52. The van der Waals surface area contributed by atoms with E-state index in [-0.39, 0.29) is 5.82 Å². The molecule has 27 heavy (non-hydrogen) atoms. The van der Waals surface area contributed by atoms with E-state index in [1.54, 1.807) is 0 Å². The normalized spacial score (nSPS) is 11.1. The van der Waals surface area contributed by atoms with Crippen molar-refractivity contribution in [2.75, 3.05) is 6.54 Å². The minimum Gasteiger partial charge on any atom is -0.295 e. The Bertz CT molecular complexity index is 861. The number of aryl methyl sites for hydroxylation is 2. The van der Waals surface area contributed by atoms with Gasteiger partial charge in [-0.2, -0.15) is 0 Å². The van der Waals surface area contributed by atoms with Gasteiger partial charge in [-0.15, -0.1) is 0 Å². The molecule has 3 heteroatoms. The lowest BCUT2D eigenvalue weighted by molar-refractivity contribution is 0.249. The van der Waals surface area contributed by atoms with Crippen molar-refractivity contribution in [3.63, 3.8) is 0 Å². The maximum atomic E-state index is 14.1. The Morgan fingerprint density at radius 3 is 2.33 bits per heavy atom. The van der Waals surface area contributed by atoms with E-state index in [2.05, 4.69) is 42.2 Å². The lowest BCUT2D eigenvalue weighted by Crippen LogP contribution is -2.25. The molecule has 0 aromatic heterocycles. The number of benzene rings is 3. The molecule has 0 radical (unpaired) electrons. The van der Waals surface area contributed by atoms with Gasteiger partial charge < -0.3 is 0 Å². The van der Waals surface area contributed by atoms with Crippen LogP contribution in [0.2, 0.25) is 0 Å². The van der Waals surface area contributed by atoms with Gasteiger partial charge in [-0.05, 0) is 55.6 Å². The Balaban J connectivity index is 1.70. The third-order valence-corrected chi connectivity index (χ3v) is 4.67. The lowest BCUT2D eigenvalue weighted by Gasteiger charge is -2.23. The maximum absolute atomic E-state index is 14.1. The van der Waals surface area contributed by atoms with E-state index in [0.717, 1.165) is 19.4 Å². The summed E-state index contributed by atoms with van der Waals surface area (Å²) in [5.41, 5.74) is 4.09. The summed E-state index contributed by atoms with van der Waals surface area (Å²) in [5, 5.41) is 0. The molecule has 1 nitrogen and oxygen atoms in total. The van der Waals surface area contributed by atoms with E-state index in [0.29, 0.717) is 18.7 Å². The summed E-state index contributed by atoms with van der Waals surface area (Å²) in [6.07, 6.45) is 1.93. The molecule has 3 aromatic carbocycles. The van der Waals surface area contributed by atoms with Gasteiger partial charge in [-0.1, -0.05) is 60.2 Å². The molecule has 0 saturated heterocycles. The second kappa shape index (κ2) is 9.43. The average molecular weight is 365 g/mol. The number of nitrogens with zero attached hydrogens (tertiary/aromatic N) is 1. The van der Waals surface area contributed by atoms with Crippen LogP contribution in [0.5, 0.6) is 0 Å². The molecular weight excluding hydrogens is 340 g/mol. The number of halogens is 2. The SMILES string of the molecule is Cc1cccc(CN(CCCc2ccccc2)Cc2cc(F)ccc2F)c1. The molecule has 0 N–H and O–H groups in total. The van der Waals surface area contributed by atoms with Crippen LogP contribution in [0, 0.1) is 18.6 Å². The van der Waals surface area contributed by atoms with Crippen LogP contribution in [0.1, 0.15) is 28.7 Å². The molecular formula is C24H25F2N. The third-order valence-electron chi connectivity index (χ3n) is 4.67. The Morgan fingerprint density at radius 2 is 1.56 bits per heavy atom. The molecule has 0 bridgehead atoms. The first-order valence-electron chi connectivity index (χ1n) is 9.36. The molecule has 3 rings (SSSR count). The predicted molar refractivity (Wildman–Crippen MR) is 106 cm³/mol. The quantitative estimate of drug-likeness (QED) is 0.480. The summed E-state index contributed by atoms with van der Waals surface area (Å²) >= 11 is 0. The van der Waals surface area contributed by atoms with Gasteiger partial charge in [0.1, 0.15) is 11.6 Å². The molecule has 0 atom stereocenters. The monoisotopic (exact) mass is 365 g/mol. The van der Waals surface area contributed by atoms with Crippen LogP contribution in [0.3, 0.4) is 0 Å². The molecule has 0 aliphatic rings. The first-order chi connectivity index (χ1) is 13.1. The second-order valence-electron chi connectivity index (χ2n) is 7.02. The van der Waals surface area contributed by atoms with Crippen molar-refractivity contribution in [2.45, 2.75) is 32.9 Å². The Kier molecular flexibility index (Phi) is 6.72. The third kappa shape index (κ3) is 6.00. The van der Waals surface area contributed by atoms with Gasteiger partial charge in [0, 0.05) is 18.7 Å². The molecule has 0 unspecified atom stereocenters. The van der Waals surface area contributed by atoms with Crippen LogP contribution >= 0.6 is 0 Å². The van der Waals surface area contributed by atoms with Gasteiger partial charge in [0.25, 0.3) is 0 Å². The first-order valence-corrected chi connectivity index (χ1v) is 9.36. The van der Waals surface area contributed by atoms with E-state index < -0.39 is 5.82 Å². The van der Waals surface area contributed by atoms with Crippen LogP contribution in [-0.4, -0.2) is 11.4 Å². The molecule has 140 valence electrons. The molecule has 0 spiro atoms. The zero-order valence-electron chi connectivity index (χ0n) is 15.7. The topological polar surface area (TPSA) is 3.24 Å². The number of hydrogen-bond donors (Lipinski definition) is 0. The fourth-order valence-electron chi connectivity index (χ4n) is 3.34. The van der Waals surface area contributed by atoms with Gasteiger partial charge in [0.2, 0.25) is 0 Å². The van der Waals surface area contributed by atoms with Crippen molar-refractivity contribution in [3.8, 4) is 0 Å². The minimum atomic E-state index is -0.397. The maximum Gasteiger partial charge on any atom is 0.127 e. The Labute approximate surface area is 160 Å². The van der Waals surface area contributed by atoms with Crippen molar-refractivity contribution >= 4 is 0 Å². The highest BCUT2D eigenvalue weighted by molar-refractivity contribution is 5.23. The molecule has 3 aromatic rings. The highest BCUT2D eigenvalue weighted by Gasteiger charge is 2.12. The highest BCUT2D eigenvalue weighted by atomic mass is 19.1. The number of rotatable bonds is 8. The summed E-state index contributed by atoms with van der Waals surface area (Å²) in [4.78, 5) is 2.19. The molecule has 0 saturated carbocycles. The van der Waals surface area contributed by atoms with Crippen molar-refractivity contribution in [2.24, 2.45) is 0 Å². The molecule has 0 aliphatic heterocycles. The van der Waals surface area contributed by atoms with Gasteiger partial charge in [-0.25, -0.2) is 8.78 Å². The van der Waals surface area contributed by atoms with E-state index in [4.69, 9.17) is 0 Å². The van der Waals surface area contributed by atoms with Crippen molar-refractivity contribution in [3.05, 3.63) is 107 Å². The summed E-state index contributed by atoms with van der Waals surface area (Å²) in [6, 6.07) is 22.4. The summed E-state index contributed by atoms with van der Waals surface area (Å²) in [7, 11) is 0. The molecule has 0 amide bonds. The standard InChI is InChI=1S/C24H25F2N/c1-19-7-5-10-21(15-19)17-27(14-6-11-20-8-3-2-4-9-20)18-22-16-23(25)12-13-24(22)26/h2-5,7-10,12-13,15-16H,6,11,14,17-18H2,1H3. The van der Waals surface area contributed by atoms with Crippen LogP contribution in [0.25, 0.3) is 0 Å². The van der Waals surface area contributed by atoms with Gasteiger partial charge >= 0.3 is 0 Å². The summed E-state index contributed by atoms with van der Waals surface area (Å²) in [6.45, 7) is 3.99. The first kappa shape index (κ1) is 19.2. The van der Waals surface area contributed by atoms with Crippen molar-refractivity contribution in [1.82, 2.24) is 4.90 Å². The van der Waals surface area contributed by atoms with Crippen LogP contribution in [-0.2, 0) is 19.5 Å². The fourth-order valence-corrected chi connectivity index (χ4v) is 3.34. The average Bonchev–Trinajstić information content (AvgIpc) is 2.65. The lowest BCUT2D eigenvalue weighted by atomic mass is 10.1. The van der Waals surface area contributed by atoms with Crippen molar-refractivity contribution in [1.29, 1.82) is 0 Å². The van der Waals surface area contributed by atoms with Crippen molar-refractivity contribution < 1.29 is 8.78 Å². The van der Waals surface area contributed by atoms with Crippen LogP contribution in [0.15, 0.2) is 72.8 Å². The second-order valence-corrected chi connectivity index (χ2v) is 7.02. The predicted octanol–water partition coefficient (Wildman–Crippen LogP) is 5.91. The van der Waals surface area contributed by atoms with E-state index in [9.17, 15) is 8.78 Å². The largest absolute Gasteiger partial charge is 0.295 e. The van der Waals surface area contributed by atoms with E-state index >= 15 is 0 Å². The van der Waals surface area contributed by atoms with Gasteiger partial charge in [-0.3, -0.25) is 4.90 Å². The Morgan fingerprint density at radius 1 is 0.778 bits per heavy atom. The van der Waals surface area contributed by atoms with Gasteiger partial charge in [0.05, 0.1) is 0 Å². The zero-order chi connectivity index (χ0) is 19.1. The van der Waals surface area contributed by atoms with E-state index in [1.807, 2.05) is 24.3 Å². The summed E-state index contributed by atoms with van der Waals surface area (Å²) in [5.74, 6) is -0.750. The minimum absolute atomic E-state index is 0.353. The van der Waals surface area contributed by atoms with Crippen LogP contribution < -0.4 is 0 Å². The molecule has 0 fully saturated rings. The smallest absolute Gasteiger partial charge is 0.127 e.